The van der Waals surface area contributed by atoms with Crippen molar-refractivity contribution in [2.45, 2.75) is 63.3 Å². The Labute approximate surface area is 168 Å². The molecule has 1 aliphatic carbocycles. The monoisotopic (exact) mass is 407 g/mol. The SMILES string of the molecule is CC(CO[C@@]1(n2cnc3c(N)ncnc32)O[C@H](CO)[C@@H](O)[C@H]1O)C1CCCCC1. The van der Waals surface area contributed by atoms with Crippen LogP contribution in [0.5, 0.6) is 0 Å². The maximum Gasteiger partial charge on any atom is 0.288 e. The summed E-state index contributed by atoms with van der Waals surface area (Å²) >= 11 is 0. The fraction of sp³-hybridized carbons (Fsp3) is 0.737. The van der Waals surface area contributed by atoms with Crippen molar-refractivity contribution in [3.63, 3.8) is 0 Å². The average molecular weight is 407 g/mol. The van der Waals surface area contributed by atoms with Gasteiger partial charge in [-0.1, -0.05) is 39.0 Å². The highest BCUT2D eigenvalue weighted by atomic mass is 16.7. The van der Waals surface area contributed by atoms with Crippen LogP contribution in [0.25, 0.3) is 11.2 Å². The van der Waals surface area contributed by atoms with Gasteiger partial charge in [-0.25, -0.2) is 15.0 Å². The number of aromatic nitrogens is 4. The van der Waals surface area contributed by atoms with Crippen molar-refractivity contribution in [2.24, 2.45) is 11.8 Å². The molecular formula is C19H29N5O5. The molecule has 10 heteroatoms. The van der Waals surface area contributed by atoms with Gasteiger partial charge in [0.15, 0.2) is 17.6 Å². The predicted octanol–water partition coefficient (Wildman–Crippen LogP) is 0.365. The Kier molecular flexibility index (Phi) is 5.71. The van der Waals surface area contributed by atoms with E-state index in [1.165, 1.54) is 36.5 Å². The van der Waals surface area contributed by atoms with Gasteiger partial charge in [-0.05, 0) is 11.8 Å². The lowest BCUT2D eigenvalue weighted by Crippen LogP contribution is -2.48. The van der Waals surface area contributed by atoms with Gasteiger partial charge in [0.1, 0.15) is 30.4 Å². The number of hydrogen-bond donors (Lipinski definition) is 4. The molecule has 0 amide bonds. The molecular weight excluding hydrogens is 378 g/mol. The molecule has 2 aromatic heterocycles. The molecule has 1 aliphatic heterocycles. The van der Waals surface area contributed by atoms with Gasteiger partial charge in [-0.3, -0.25) is 4.57 Å². The van der Waals surface area contributed by atoms with E-state index >= 15 is 0 Å². The second-order valence-electron chi connectivity index (χ2n) is 8.14. The summed E-state index contributed by atoms with van der Waals surface area (Å²) in [7, 11) is 0. The number of ether oxygens (including phenoxy) is 2. The lowest BCUT2D eigenvalue weighted by Gasteiger charge is -2.36. The molecule has 160 valence electrons. The smallest absolute Gasteiger partial charge is 0.288 e. The van der Waals surface area contributed by atoms with E-state index in [1.54, 1.807) is 0 Å². The first-order valence-electron chi connectivity index (χ1n) is 10.2. The molecule has 5 atom stereocenters. The summed E-state index contributed by atoms with van der Waals surface area (Å²) in [5, 5.41) is 30.9. The van der Waals surface area contributed by atoms with Crippen LogP contribution in [0, 0.1) is 11.8 Å². The van der Waals surface area contributed by atoms with Crippen molar-refractivity contribution in [1.29, 1.82) is 0 Å². The van der Waals surface area contributed by atoms with Gasteiger partial charge in [0, 0.05) is 0 Å². The second-order valence-corrected chi connectivity index (χ2v) is 8.14. The van der Waals surface area contributed by atoms with Crippen LogP contribution in [0.15, 0.2) is 12.7 Å². The lowest BCUT2D eigenvalue weighted by molar-refractivity contribution is -0.319. The number of nitrogens with zero attached hydrogens (tertiary/aromatic N) is 4. The highest BCUT2D eigenvalue weighted by Gasteiger charge is 2.58. The molecule has 29 heavy (non-hydrogen) atoms. The number of nitrogens with two attached hydrogens (primary N) is 1. The van der Waals surface area contributed by atoms with Gasteiger partial charge in [0.2, 0.25) is 0 Å². The molecule has 0 bridgehead atoms. The number of fused-ring (bicyclic) bond motifs is 1. The van der Waals surface area contributed by atoms with Crippen LogP contribution in [0.2, 0.25) is 0 Å². The van der Waals surface area contributed by atoms with E-state index in [9.17, 15) is 15.3 Å². The zero-order valence-electron chi connectivity index (χ0n) is 16.5. The Morgan fingerprint density at radius 2 is 2.03 bits per heavy atom. The van der Waals surface area contributed by atoms with E-state index < -0.39 is 30.8 Å². The first-order valence-corrected chi connectivity index (χ1v) is 10.2. The number of nitrogen functional groups attached to an aromatic ring is 1. The molecule has 1 saturated carbocycles. The highest BCUT2D eigenvalue weighted by Crippen LogP contribution is 2.40. The van der Waals surface area contributed by atoms with Crippen molar-refractivity contribution < 1.29 is 24.8 Å². The molecule has 2 aromatic rings. The predicted molar refractivity (Wildman–Crippen MR) is 103 cm³/mol. The van der Waals surface area contributed by atoms with Crippen LogP contribution in [-0.2, 0) is 15.4 Å². The minimum Gasteiger partial charge on any atom is -0.394 e. The van der Waals surface area contributed by atoms with Gasteiger partial charge >= 0.3 is 0 Å². The Hall–Kier alpha value is -1.85. The standard InChI is InChI=1S/C19H29N5O5/c1-11(12-5-3-2-4-6-12)8-28-19(16(27)15(26)13(7-25)29-19)24-10-23-14-17(20)21-9-22-18(14)24/h9-13,15-16,25-27H,2-8H2,1H3,(H2,20,21,22)/t11?,13-,15-,16-,19-/m1/s1. The normalized spacial score (nSPS) is 32.1. The molecule has 4 rings (SSSR count). The zero-order valence-corrected chi connectivity index (χ0v) is 16.5. The Morgan fingerprint density at radius 3 is 2.72 bits per heavy atom. The summed E-state index contributed by atoms with van der Waals surface area (Å²) in [6.07, 6.45) is 4.90. The van der Waals surface area contributed by atoms with Gasteiger partial charge in [0.05, 0.1) is 13.2 Å². The molecule has 0 aromatic carbocycles. The van der Waals surface area contributed by atoms with E-state index in [0.29, 0.717) is 23.7 Å². The van der Waals surface area contributed by atoms with Gasteiger partial charge in [0.25, 0.3) is 5.91 Å². The van der Waals surface area contributed by atoms with E-state index in [4.69, 9.17) is 15.2 Å². The molecule has 0 spiro atoms. The van der Waals surface area contributed by atoms with Crippen molar-refractivity contribution >= 4 is 17.0 Å². The van der Waals surface area contributed by atoms with E-state index in [2.05, 4.69) is 21.9 Å². The fourth-order valence-electron chi connectivity index (χ4n) is 4.48. The first kappa shape index (κ1) is 20.4. The third-order valence-corrected chi connectivity index (χ3v) is 6.28. The summed E-state index contributed by atoms with van der Waals surface area (Å²) < 4.78 is 13.5. The van der Waals surface area contributed by atoms with Crippen LogP contribution in [0.1, 0.15) is 39.0 Å². The van der Waals surface area contributed by atoms with Crippen molar-refractivity contribution in [2.75, 3.05) is 18.9 Å². The van der Waals surface area contributed by atoms with Crippen molar-refractivity contribution in [3.05, 3.63) is 12.7 Å². The minimum atomic E-state index is -1.77. The highest BCUT2D eigenvalue weighted by molar-refractivity contribution is 5.81. The van der Waals surface area contributed by atoms with Crippen LogP contribution in [0.4, 0.5) is 5.82 Å². The number of aliphatic hydroxyl groups is 3. The van der Waals surface area contributed by atoms with Crippen LogP contribution < -0.4 is 5.73 Å². The summed E-state index contributed by atoms with van der Waals surface area (Å²) in [6.45, 7) is 1.97. The number of rotatable bonds is 6. The van der Waals surface area contributed by atoms with Crippen molar-refractivity contribution in [3.8, 4) is 0 Å². The van der Waals surface area contributed by atoms with E-state index in [0.717, 1.165) is 12.8 Å². The Morgan fingerprint density at radius 1 is 1.28 bits per heavy atom. The molecule has 2 aliphatic rings. The Balaban J connectivity index is 1.67. The molecule has 3 heterocycles. The molecule has 1 saturated heterocycles. The van der Waals surface area contributed by atoms with Crippen LogP contribution in [-0.4, -0.2) is 66.4 Å². The van der Waals surface area contributed by atoms with Gasteiger partial charge in [-0.15, -0.1) is 0 Å². The largest absolute Gasteiger partial charge is 0.394 e. The minimum absolute atomic E-state index is 0.186. The van der Waals surface area contributed by atoms with Gasteiger partial charge in [-0.2, -0.15) is 0 Å². The third-order valence-electron chi connectivity index (χ3n) is 6.28. The zero-order chi connectivity index (χ0) is 20.6. The number of hydrogen-bond acceptors (Lipinski definition) is 9. The quantitative estimate of drug-likeness (QED) is 0.532. The summed E-state index contributed by atoms with van der Waals surface area (Å²) in [5.41, 5.74) is 6.54. The van der Waals surface area contributed by atoms with E-state index in [-0.39, 0.29) is 11.7 Å². The number of aliphatic hydroxyl groups excluding tert-OH is 3. The average Bonchev–Trinajstić information content (AvgIpc) is 3.29. The molecule has 10 nitrogen and oxygen atoms in total. The second kappa shape index (κ2) is 8.11. The summed E-state index contributed by atoms with van der Waals surface area (Å²) in [4.78, 5) is 12.4. The van der Waals surface area contributed by atoms with Crippen LogP contribution >= 0.6 is 0 Å². The van der Waals surface area contributed by atoms with Crippen LogP contribution in [0.3, 0.4) is 0 Å². The fourth-order valence-corrected chi connectivity index (χ4v) is 4.48. The molecule has 5 N–H and O–H groups in total. The summed E-state index contributed by atoms with van der Waals surface area (Å²) in [6, 6.07) is 0. The van der Waals surface area contributed by atoms with Gasteiger partial charge < -0.3 is 30.5 Å². The lowest BCUT2D eigenvalue weighted by atomic mass is 9.81. The first-order chi connectivity index (χ1) is 14.0. The molecule has 1 unspecified atom stereocenters. The summed E-state index contributed by atoms with van der Waals surface area (Å²) in [5.74, 6) is -0.810. The maximum absolute atomic E-state index is 10.9. The Bertz CT molecular complexity index is 842. The number of imidazole rings is 1. The maximum atomic E-state index is 10.9. The topological polar surface area (TPSA) is 149 Å². The molecule has 2 fully saturated rings. The van der Waals surface area contributed by atoms with Crippen molar-refractivity contribution in [1.82, 2.24) is 19.5 Å². The molecule has 0 radical (unpaired) electrons. The third kappa shape index (κ3) is 3.49. The van der Waals surface area contributed by atoms with E-state index in [1.807, 2.05) is 0 Å². The number of anilines is 1.